The van der Waals surface area contributed by atoms with E-state index in [2.05, 4.69) is 15.3 Å². The van der Waals surface area contributed by atoms with E-state index >= 15 is 0 Å². The third kappa shape index (κ3) is 2.92. The maximum absolute atomic E-state index is 12.1. The number of nitrogens with zero attached hydrogens (tertiary/aromatic N) is 2. The Hall–Kier alpha value is -2.05. The van der Waals surface area contributed by atoms with Crippen LogP contribution in [0.5, 0.6) is 0 Å². The standard InChI is InChI=1S/C13H20N4O3/c1-13(11(18)19)5-3-9-17(13)12(20)16-6-2-4-10-14-7-8-15-10/h7-8H,2-6,9H2,1H3,(H,14,15)(H,16,20)(H,18,19). The minimum absolute atomic E-state index is 0.299. The molecule has 1 atom stereocenters. The molecule has 0 saturated carbocycles. The van der Waals surface area contributed by atoms with Crippen molar-refractivity contribution < 1.29 is 14.7 Å². The van der Waals surface area contributed by atoms with Gasteiger partial charge in [-0.1, -0.05) is 0 Å². The van der Waals surface area contributed by atoms with E-state index in [-0.39, 0.29) is 6.03 Å². The third-order valence-corrected chi connectivity index (χ3v) is 3.77. The fraction of sp³-hybridized carbons (Fsp3) is 0.615. The van der Waals surface area contributed by atoms with E-state index in [0.717, 1.165) is 25.1 Å². The zero-order chi connectivity index (χ0) is 14.6. The van der Waals surface area contributed by atoms with Crippen LogP contribution in [0.3, 0.4) is 0 Å². The smallest absolute Gasteiger partial charge is 0.329 e. The molecule has 2 heterocycles. The van der Waals surface area contributed by atoms with Gasteiger partial charge in [0.15, 0.2) is 0 Å². The lowest BCUT2D eigenvalue weighted by Gasteiger charge is -2.31. The van der Waals surface area contributed by atoms with Crippen LogP contribution < -0.4 is 5.32 Å². The highest BCUT2D eigenvalue weighted by Gasteiger charge is 2.45. The van der Waals surface area contributed by atoms with Crippen molar-refractivity contribution in [3.8, 4) is 0 Å². The predicted molar refractivity (Wildman–Crippen MR) is 72.3 cm³/mol. The first-order valence-electron chi connectivity index (χ1n) is 6.81. The van der Waals surface area contributed by atoms with Gasteiger partial charge in [-0.2, -0.15) is 0 Å². The summed E-state index contributed by atoms with van der Waals surface area (Å²) >= 11 is 0. The van der Waals surface area contributed by atoms with Crippen LogP contribution in [0, 0.1) is 0 Å². The summed E-state index contributed by atoms with van der Waals surface area (Å²) in [5, 5.41) is 12.0. The molecule has 1 aromatic rings. The molecule has 110 valence electrons. The van der Waals surface area contributed by atoms with Gasteiger partial charge in [-0.05, 0) is 26.2 Å². The average Bonchev–Trinajstić information content (AvgIpc) is 3.04. The molecule has 2 amide bonds. The van der Waals surface area contributed by atoms with Gasteiger partial charge in [-0.15, -0.1) is 0 Å². The summed E-state index contributed by atoms with van der Waals surface area (Å²) in [5.74, 6) is -0.0588. The lowest BCUT2D eigenvalue weighted by Crippen LogP contribution is -2.54. The summed E-state index contributed by atoms with van der Waals surface area (Å²) in [6.45, 7) is 2.60. The first-order chi connectivity index (χ1) is 9.54. The first-order valence-corrected chi connectivity index (χ1v) is 6.81. The van der Waals surface area contributed by atoms with Crippen LogP contribution in [0.1, 0.15) is 32.0 Å². The number of carboxylic acids is 1. The summed E-state index contributed by atoms with van der Waals surface area (Å²) < 4.78 is 0. The minimum atomic E-state index is -1.08. The quantitative estimate of drug-likeness (QED) is 0.700. The molecule has 0 radical (unpaired) electrons. The molecule has 1 aliphatic rings. The number of aliphatic carboxylic acids is 1. The lowest BCUT2D eigenvalue weighted by molar-refractivity contribution is -0.147. The number of aryl methyl sites for hydroxylation is 1. The molecule has 1 fully saturated rings. The fourth-order valence-electron chi connectivity index (χ4n) is 2.49. The summed E-state index contributed by atoms with van der Waals surface area (Å²) in [5.41, 5.74) is -1.08. The fourth-order valence-corrected chi connectivity index (χ4v) is 2.49. The van der Waals surface area contributed by atoms with Gasteiger partial charge in [-0.25, -0.2) is 14.6 Å². The number of imidazole rings is 1. The number of amides is 2. The number of aromatic nitrogens is 2. The Morgan fingerprint density at radius 1 is 1.60 bits per heavy atom. The zero-order valence-electron chi connectivity index (χ0n) is 11.6. The topological polar surface area (TPSA) is 98.3 Å². The number of rotatable bonds is 5. The van der Waals surface area contributed by atoms with Crippen LogP contribution in [0.15, 0.2) is 12.4 Å². The van der Waals surface area contributed by atoms with E-state index in [1.54, 1.807) is 19.3 Å². The zero-order valence-corrected chi connectivity index (χ0v) is 11.6. The first kappa shape index (κ1) is 14.4. The average molecular weight is 280 g/mol. The molecule has 1 unspecified atom stereocenters. The largest absolute Gasteiger partial charge is 0.480 e. The Morgan fingerprint density at radius 2 is 2.40 bits per heavy atom. The van der Waals surface area contributed by atoms with Crippen molar-refractivity contribution in [2.75, 3.05) is 13.1 Å². The molecule has 1 saturated heterocycles. The highest BCUT2D eigenvalue weighted by Crippen LogP contribution is 2.29. The monoisotopic (exact) mass is 280 g/mol. The lowest BCUT2D eigenvalue weighted by atomic mass is 10.00. The summed E-state index contributed by atoms with van der Waals surface area (Å²) in [6.07, 6.45) is 6.19. The van der Waals surface area contributed by atoms with Crippen molar-refractivity contribution in [2.45, 2.75) is 38.1 Å². The van der Waals surface area contributed by atoms with Crippen molar-refractivity contribution in [1.82, 2.24) is 20.2 Å². The molecule has 1 aliphatic heterocycles. The number of likely N-dealkylation sites (tertiary alicyclic amines) is 1. The molecule has 3 N–H and O–H groups in total. The maximum Gasteiger partial charge on any atom is 0.329 e. The molecule has 2 rings (SSSR count). The molecule has 0 bridgehead atoms. The molecule has 0 spiro atoms. The Bertz CT molecular complexity index is 474. The van der Waals surface area contributed by atoms with Crippen LogP contribution in [0.25, 0.3) is 0 Å². The van der Waals surface area contributed by atoms with E-state index in [9.17, 15) is 14.7 Å². The number of nitrogens with one attached hydrogen (secondary N) is 2. The molecular formula is C13H20N4O3. The van der Waals surface area contributed by atoms with E-state index < -0.39 is 11.5 Å². The predicted octanol–water partition coefficient (Wildman–Crippen LogP) is 0.991. The van der Waals surface area contributed by atoms with E-state index in [1.165, 1.54) is 4.90 Å². The summed E-state index contributed by atoms with van der Waals surface area (Å²) in [6, 6.07) is -0.299. The number of aromatic amines is 1. The highest BCUT2D eigenvalue weighted by atomic mass is 16.4. The van der Waals surface area contributed by atoms with Gasteiger partial charge in [0.25, 0.3) is 0 Å². The number of urea groups is 1. The Morgan fingerprint density at radius 3 is 3.05 bits per heavy atom. The van der Waals surface area contributed by atoms with E-state index in [1.807, 2.05) is 0 Å². The number of carbonyl (C=O) groups is 2. The molecule has 0 aliphatic carbocycles. The van der Waals surface area contributed by atoms with E-state index in [4.69, 9.17) is 0 Å². The van der Waals surface area contributed by atoms with Crippen molar-refractivity contribution in [3.63, 3.8) is 0 Å². The van der Waals surface area contributed by atoms with Crippen molar-refractivity contribution >= 4 is 12.0 Å². The second-order valence-electron chi connectivity index (χ2n) is 5.21. The van der Waals surface area contributed by atoms with Crippen LogP contribution in [-0.4, -0.2) is 50.6 Å². The van der Waals surface area contributed by atoms with Gasteiger partial charge in [0, 0.05) is 31.9 Å². The second kappa shape index (κ2) is 5.94. The molecular weight excluding hydrogens is 260 g/mol. The van der Waals surface area contributed by atoms with Gasteiger partial charge >= 0.3 is 12.0 Å². The highest BCUT2D eigenvalue weighted by molar-refractivity contribution is 5.86. The molecule has 0 aromatic carbocycles. The SMILES string of the molecule is CC1(C(=O)O)CCCN1C(=O)NCCCc1ncc[nH]1. The third-order valence-electron chi connectivity index (χ3n) is 3.77. The van der Waals surface area contributed by atoms with Crippen molar-refractivity contribution in [1.29, 1.82) is 0 Å². The van der Waals surface area contributed by atoms with Crippen LogP contribution in [-0.2, 0) is 11.2 Å². The number of H-pyrrole nitrogens is 1. The van der Waals surface area contributed by atoms with Crippen LogP contribution >= 0.6 is 0 Å². The summed E-state index contributed by atoms with van der Waals surface area (Å²) in [4.78, 5) is 31.9. The Kier molecular flexibility index (Phi) is 4.26. The number of carbonyl (C=O) groups excluding carboxylic acids is 1. The summed E-state index contributed by atoms with van der Waals surface area (Å²) in [7, 11) is 0. The molecule has 1 aromatic heterocycles. The molecule has 20 heavy (non-hydrogen) atoms. The maximum atomic E-state index is 12.1. The number of hydrogen-bond acceptors (Lipinski definition) is 3. The number of hydrogen-bond donors (Lipinski definition) is 3. The molecule has 7 nitrogen and oxygen atoms in total. The van der Waals surface area contributed by atoms with Gasteiger partial charge in [0.05, 0.1) is 0 Å². The normalized spacial score (nSPS) is 21.9. The number of carboxylic acid groups (broad SMARTS) is 1. The van der Waals surface area contributed by atoms with Gasteiger partial charge < -0.3 is 20.3 Å². The van der Waals surface area contributed by atoms with Gasteiger partial charge in [0.1, 0.15) is 11.4 Å². The Labute approximate surface area is 117 Å². The van der Waals surface area contributed by atoms with Crippen LogP contribution in [0.2, 0.25) is 0 Å². The minimum Gasteiger partial charge on any atom is -0.480 e. The van der Waals surface area contributed by atoms with Crippen molar-refractivity contribution in [3.05, 3.63) is 18.2 Å². The van der Waals surface area contributed by atoms with Gasteiger partial charge in [-0.3, -0.25) is 0 Å². The van der Waals surface area contributed by atoms with Gasteiger partial charge in [0.2, 0.25) is 0 Å². The molecule has 7 heteroatoms. The second-order valence-corrected chi connectivity index (χ2v) is 5.21. The Balaban J connectivity index is 1.78. The van der Waals surface area contributed by atoms with Crippen LogP contribution in [0.4, 0.5) is 4.79 Å². The van der Waals surface area contributed by atoms with E-state index in [0.29, 0.717) is 19.5 Å². The van der Waals surface area contributed by atoms with Crippen molar-refractivity contribution in [2.24, 2.45) is 0 Å².